The van der Waals surface area contributed by atoms with Crippen molar-refractivity contribution in [1.82, 2.24) is 0 Å². The Hall–Kier alpha value is -2.04. The van der Waals surface area contributed by atoms with Gasteiger partial charge in [0.1, 0.15) is 0 Å². The summed E-state index contributed by atoms with van der Waals surface area (Å²) in [5.74, 6) is -0.466. The molecule has 0 aliphatic rings. The fraction of sp³-hybridized carbons (Fsp3) is 0.273. The van der Waals surface area contributed by atoms with Gasteiger partial charge in [0.2, 0.25) is 0 Å². The summed E-state index contributed by atoms with van der Waals surface area (Å²) in [5.41, 5.74) is 8.06. The molecule has 1 aromatic carbocycles. The molecule has 1 aromatic rings. The summed E-state index contributed by atoms with van der Waals surface area (Å²) in [6.07, 6.45) is 0. The molecule has 0 aromatic heterocycles. The molecule has 0 radical (unpaired) electrons. The summed E-state index contributed by atoms with van der Waals surface area (Å²) >= 11 is 0. The molecule has 0 heterocycles. The van der Waals surface area contributed by atoms with Crippen molar-refractivity contribution < 1.29 is 14.7 Å². The number of aryl methyl sites for hydroxylation is 2. The van der Waals surface area contributed by atoms with Crippen LogP contribution in [0, 0.1) is 13.8 Å². The Morgan fingerprint density at radius 1 is 1.31 bits per heavy atom. The minimum absolute atomic E-state index is 0.0253. The van der Waals surface area contributed by atoms with E-state index in [0.29, 0.717) is 11.1 Å². The number of nitrogens with two attached hydrogens (primary N) is 1. The van der Waals surface area contributed by atoms with Crippen LogP contribution < -0.4 is 5.73 Å². The molecular weight excluding hydrogens is 208 g/mol. The van der Waals surface area contributed by atoms with E-state index < -0.39 is 5.97 Å². The fourth-order valence-electron chi connectivity index (χ4n) is 1.51. The topological polar surface area (TPSA) is 84.9 Å². The zero-order valence-electron chi connectivity index (χ0n) is 9.44. The molecule has 1 rings (SSSR count). The summed E-state index contributed by atoms with van der Waals surface area (Å²) in [4.78, 5) is 11.4. The Kier molecular flexibility index (Phi) is 3.50. The number of hydrogen-bond acceptors (Lipinski definition) is 4. The van der Waals surface area contributed by atoms with Gasteiger partial charge >= 0.3 is 5.97 Å². The first kappa shape index (κ1) is 12.0. The van der Waals surface area contributed by atoms with Gasteiger partial charge in [0.25, 0.3) is 0 Å². The van der Waals surface area contributed by atoms with Crippen molar-refractivity contribution in [1.29, 1.82) is 0 Å². The van der Waals surface area contributed by atoms with Crippen LogP contribution >= 0.6 is 0 Å². The third kappa shape index (κ3) is 2.13. The molecule has 5 nitrogen and oxygen atoms in total. The largest absolute Gasteiger partial charge is 0.465 e. The molecule has 0 saturated carbocycles. The lowest BCUT2D eigenvalue weighted by Gasteiger charge is -2.09. The number of methoxy groups -OCH3 is 1. The molecule has 0 unspecified atom stereocenters. The van der Waals surface area contributed by atoms with Crippen LogP contribution in [0.3, 0.4) is 0 Å². The maximum atomic E-state index is 11.4. The fourth-order valence-corrected chi connectivity index (χ4v) is 1.51. The van der Waals surface area contributed by atoms with Gasteiger partial charge < -0.3 is 15.7 Å². The minimum Gasteiger partial charge on any atom is -0.465 e. The van der Waals surface area contributed by atoms with Gasteiger partial charge in [-0.25, -0.2) is 4.79 Å². The molecular formula is C11H14N2O3. The van der Waals surface area contributed by atoms with Crippen molar-refractivity contribution >= 4 is 11.8 Å². The number of rotatable bonds is 2. The minimum atomic E-state index is -0.440. The van der Waals surface area contributed by atoms with Gasteiger partial charge in [-0.15, -0.1) is 0 Å². The summed E-state index contributed by atoms with van der Waals surface area (Å²) < 4.78 is 4.64. The predicted molar refractivity (Wildman–Crippen MR) is 59.8 cm³/mol. The van der Waals surface area contributed by atoms with E-state index in [9.17, 15) is 4.79 Å². The lowest BCUT2D eigenvalue weighted by atomic mass is 9.99. The quantitative estimate of drug-likeness (QED) is 0.259. The molecule has 0 atom stereocenters. The second kappa shape index (κ2) is 4.65. The number of carbonyl (C=O) groups excluding carboxylic acids is 1. The SMILES string of the molecule is COC(=O)c1cc(/C(N)=N/O)c(C)cc1C. The Balaban J connectivity index is 3.38. The van der Waals surface area contributed by atoms with Gasteiger partial charge in [-0.05, 0) is 31.0 Å². The van der Waals surface area contributed by atoms with Gasteiger partial charge in [-0.1, -0.05) is 11.2 Å². The number of benzene rings is 1. The Morgan fingerprint density at radius 2 is 1.88 bits per heavy atom. The average Bonchev–Trinajstić information content (AvgIpc) is 2.27. The number of ether oxygens (including phenoxy) is 1. The highest BCUT2D eigenvalue weighted by molar-refractivity contribution is 6.01. The first-order valence-electron chi connectivity index (χ1n) is 4.68. The van der Waals surface area contributed by atoms with Crippen LogP contribution in [-0.2, 0) is 4.74 Å². The van der Waals surface area contributed by atoms with Crippen molar-refractivity contribution in [2.75, 3.05) is 7.11 Å². The zero-order valence-corrected chi connectivity index (χ0v) is 9.44. The monoisotopic (exact) mass is 222 g/mol. The summed E-state index contributed by atoms with van der Waals surface area (Å²) in [7, 11) is 1.31. The van der Waals surface area contributed by atoms with E-state index in [1.165, 1.54) is 7.11 Å². The van der Waals surface area contributed by atoms with E-state index in [1.807, 2.05) is 6.92 Å². The van der Waals surface area contributed by atoms with E-state index in [1.54, 1.807) is 19.1 Å². The van der Waals surface area contributed by atoms with Crippen molar-refractivity contribution in [3.8, 4) is 0 Å². The van der Waals surface area contributed by atoms with Gasteiger partial charge in [0.05, 0.1) is 12.7 Å². The molecule has 0 spiro atoms. The van der Waals surface area contributed by atoms with Crippen molar-refractivity contribution in [2.24, 2.45) is 10.9 Å². The van der Waals surface area contributed by atoms with E-state index in [-0.39, 0.29) is 5.84 Å². The average molecular weight is 222 g/mol. The number of nitrogens with zero attached hydrogens (tertiary/aromatic N) is 1. The number of esters is 1. The Morgan fingerprint density at radius 3 is 2.38 bits per heavy atom. The van der Waals surface area contributed by atoms with Crippen LogP contribution in [0.5, 0.6) is 0 Å². The normalized spacial score (nSPS) is 11.3. The number of oxime groups is 1. The van der Waals surface area contributed by atoms with E-state index in [4.69, 9.17) is 10.9 Å². The Labute approximate surface area is 93.5 Å². The summed E-state index contributed by atoms with van der Waals surface area (Å²) in [6, 6.07) is 3.35. The van der Waals surface area contributed by atoms with Crippen molar-refractivity contribution in [2.45, 2.75) is 13.8 Å². The molecule has 0 bridgehead atoms. The van der Waals surface area contributed by atoms with E-state index >= 15 is 0 Å². The lowest BCUT2D eigenvalue weighted by molar-refractivity contribution is 0.0600. The van der Waals surface area contributed by atoms with Crippen molar-refractivity contribution in [3.05, 3.63) is 34.4 Å². The third-order valence-electron chi connectivity index (χ3n) is 2.36. The lowest BCUT2D eigenvalue weighted by Crippen LogP contribution is -2.16. The molecule has 0 aliphatic heterocycles. The second-order valence-corrected chi connectivity index (χ2v) is 3.46. The molecule has 3 N–H and O–H groups in total. The standard InChI is InChI=1S/C11H14N2O3/c1-6-4-7(2)9(11(14)16-3)5-8(6)10(12)13-15/h4-5,15H,1-3H3,(H2,12,13). The molecule has 86 valence electrons. The maximum Gasteiger partial charge on any atom is 0.338 e. The zero-order chi connectivity index (χ0) is 12.3. The van der Waals surface area contributed by atoms with Gasteiger partial charge in [0, 0.05) is 5.56 Å². The van der Waals surface area contributed by atoms with E-state index in [0.717, 1.165) is 11.1 Å². The first-order valence-corrected chi connectivity index (χ1v) is 4.68. The molecule has 0 amide bonds. The molecule has 5 heteroatoms. The molecule has 0 fully saturated rings. The highest BCUT2D eigenvalue weighted by Gasteiger charge is 2.13. The van der Waals surface area contributed by atoms with Gasteiger partial charge in [0.15, 0.2) is 5.84 Å². The van der Waals surface area contributed by atoms with Crippen LogP contribution in [0.2, 0.25) is 0 Å². The second-order valence-electron chi connectivity index (χ2n) is 3.46. The van der Waals surface area contributed by atoms with Crippen LogP contribution in [0.15, 0.2) is 17.3 Å². The number of amidine groups is 1. The third-order valence-corrected chi connectivity index (χ3v) is 2.36. The van der Waals surface area contributed by atoms with Crippen LogP contribution in [0.25, 0.3) is 0 Å². The smallest absolute Gasteiger partial charge is 0.338 e. The molecule has 16 heavy (non-hydrogen) atoms. The molecule has 0 saturated heterocycles. The van der Waals surface area contributed by atoms with Crippen molar-refractivity contribution in [3.63, 3.8) is 0 Å². The predicted octanol–water partition coefficient (Wildman–Crippen LogP) is 1.18. The molecule has 0 aliphatic carbocycles. The summed E-state index contributed by atoms with van der Waals surface area (Å²) in [6.45, 7) is 3.62. The maximum absolute atomic E-state index is 11.4. The van der Waals surface area contributed by atoms with Gasteiger partial charge in [-0.3, -0.25) is 0 Å². The van der Waals surface area contributed by atoms with E-state index in [2.05, 4.69) is 9.89 Å². The van der Waals surface area contributed by atoms with Crippen LogP contribution in [-0.4, -0.2) is 24.1 Å². The van der Waals surface area contributed by atoms with Crippen LogP contribution in [0.4, 0.5) is 0 Å². The first-order chi connectivity index (χ1) is 7.51. The highest BCUT2D eigenvalue weighted by atomic mass is 16.5. The Bertz CT molecular complexity index is 453. The van der Waals surface area contributed by atoms with Crippen LogP contribution in [0.1, 0.15) is 27.0 Å². The highest BCUT2D eigenvalue weighted by Crippen LogP contribution is 2.16. The van der Waals surface area contributed by atoms with Gasteiger partial charge in [-0.2, -0.15) is 0 Å². The number of hydrogen-bond donors (Lipinski definition) is 2. The summed E-state index contributed by atoms with van der Waals surface area (Å²) in [5, 5.41) is 11.5. The number of carbonyl (C=O) groups is 1.